The number of furan rings is 1. The molecule has 2 aromatic heterocycles. The van der Waals surface area contributed by atoms with E-state index in [0.717, 1.165) is 61.6 Å². The molecule has 152 valence electrons. The van der Waals surface area contributed by atoms with Crippen molar-refractivity contribution in [3.8, 4) is 0 Å². The second-order valence-corrected chi connectivity index (χ2v) is 8.25. The van der Waals surface area contributed by atoms with Gasteiger partial charge >= 0.3 is 0 Å². The third-order valence-electron chi connectivity index (χ3n) is 6.35. The lowest BCUT2D eigenvalue weighted by molar-refractivity contribution is 0.0704. The minimum Gasteiger partial charge on any atom is -0.463 e. The number of fused-ring (bicyclic) bond motifs is 1. The molecule has 0 spiro atoms. The van der Waals surface area contributed by atoms with Crippen LogP contribution in [-0.4, -0.2) is 56.7 Å². The van der Waals surface area contributed by atoms with E-state index in [1.165, 1.54) is 12.8 Å². The summed E-state index contributed by atoms with van der Waals surface area (Å²) in [7, 11) is 2.06. The van der Waals surface area contributed by atoms with Gasteiger partial charge in [-0.05, 0) is 44.8 Å². The van der Waals surface area contributed by atoms with E-state index in [-0.39, 0.29) is 11.8 Å². The van der Waals surface area contributed by atoms with Gasteiger partial charge in [0.2, 0.25) is 0 Å². The van der Waals surface area contributed by atoms with Crippen LogP contribution < -0.4 is 0 Å². The highest BCUT2D eigenvalue weighted by atomic mass is 16.3. The number of para-hydroxylation sites is 1. The lowest BCUT2D eigenvalue weighted by Crippen LogP contribution is -2.39. The van der Waals surface area contributed by atoms with Gasteiger partial charge in [0.1, 0.15) is 23.5 Å². The van der Waals surface area contributed by atoms with Gasteiger partial charge in [-0.1, -0.05) is 18.2 Å². The predicted octanol–water partition coefficient (Wildman–Crippen LogP) is 3.18. The first-order valence-corrected chi connectivity index (χ1v) is 10.6. The molecular weight excluding hydrogens is 366 g/mol. The fourth-order valence-corrected chi connectivity index (χ4v) is 4.70. The zero-order valence-electron chi connectivity index (χ0n) is 16.9. The summed E-state index contributed by atoms with van der Waals surface area (Å²) in [6, 6.07) is 7.70. The van der Waals surface area contributed by atoms with Gasteiger partial charge in [-0.25, -0.2) is 0 Å². The molecule has 7 heteroatoms. The minimum absolute atomic E-state index is 0.0408. The highest BCUT2D eigenvalue weighted by molar-refractivity contribution is 6.05. The molecule has 1 amide bonds. The molecule has 0 N–H and O–H groups in total. The first kappa shape index (κ1) is 18.4. The van der Waals surface area contributed by atoms with E-state index in [0.29, 0.717) is 12.1 Å². The molecule has 0 saturated carbocycles. The molecule has 0 aliphatic carbocycles. The second kappa shape index (κ2) is 7.63. The van der Waals surface area contributed by atoms with Gasteiger partial charge < -0.3 is 13.9 Å². The van der Waals surface area contributed by atoms with Crippen LogP contribution in [-0.2, 0) is 13.6 Å². The van der Waals surface area contributed by atoms with Crippen LogP contribution in [0.5, 0.6) is 0 Å². The number of hydrogen-bond acceptors (Lipinski definition) is 5. The Morgan fingerprint density at radius 1 is 1.14 bits per heavy atom. The normalized spacial score (nSPS) is 20.6. The number of amides is 1. The fraction of sp³-hybridized carbons (Fsp3) is 0.500. The Morgan fingerprint density at radius 2 is 1.97 bits per heavy atom. The van der Waals surface area contributed by atoms with Crippen molar-refractivity contribution in [3.05, 3.63) is 47.7 Å². The Labute approximate surface area is 170 Å². The number of likely N-dealkylation sites (tertiary alicyclic amines) is 2. The maximum Gasteiger partial charge on any atom is 0.257 e. The Morgan fingerprint density at radius 3 is 2.83 bits per heavy atom. The molecule has 0 radical (unpaired) electrons. The summed E-state index contributed by atoms with van der Waals surface area (Å²) >= 11 is 0. The van der Waals surface area contributed by atoms with E-state index >= 15 is 0 Å². The molecule has 2 aliphatic heterocycles. The Kier molecular flexibility index (Phi) is 4.83. The summed E-state index contributed by atoms with van der Waals surface area (Å²) in [6.07, 6.45) is 6.14. The first-order valence-electron chi connectivity index (χ1n) is 10.6. The van der Waals surface area contributed by atoms with Gasteiger partial charge in [-0.3, -0.25) is 9.69 Å². The Hall–Kier alpha value is -2.67. The maximum absolute atomic E-state index is 13.2. The molecule has 2 aliphatic rings. The lowest BCUT2D eigenvalue weighted by atomic mass is 9.96. The maximum atomic E-state index is 13.2. The zero-order valence-corrected chi connectivity index (χ0v) is 16.9. The van der Waals surface area contributed by atoms with Crippen molar-refractivity contribution >= 4 is 16.9 Å². The number of hydrogen-bond donors (Lipinski definition) is 0. The summed E-state index contributed by atoms with van der Waals surface area (Å²) < 4.78 is 7.72. The highest BCUT2D eigenvalue weighted by Crippen LogP contribution is 2.29. The molecule has 5 rings (SSSR count). The number of benzene rings is 1. The van der Waals surface area contributed by atoms with Crippen molar-refractivity contribution in [2.75, 3.05) is 26.2 Å². The average Bonchev–Trinajstić information content (AvgIpc) is 3.49. The number of piperidine rings is 1. The van der Waals surface area contributed by atoms with Crippen molar-refractivity contribution in [3.63, 3.8) is 0 Å². The highest BCUT2D eigenvalue weighted by Gasteiger charge is 2.30. The zero-order chi connectivity index (χ0) is 19.8. The topological polar surface area (TPSA) is 67.4 Å². The summed E-state index contributed by atoms with van der Waals surface area (Å²) in [4.78, 5) is 17.6. The van der Waals surface area contributed by atoms with Gasteiger partial charge in [0.05, 0.1) is 12.1 Å². The van der Waals surface area contributed by atoms with Crippen molar-refractivity contribution in [1.29, 1.82) is 0 Å². The quantitative estimate of drug-likeness (QED) is 0.681. The van der Waals surface area contributed by atoms with Crippen LogP contribution >= 0.6 is 0 Å². The summed E-state index contributed by atoms with van der Waals surface area (Å²) in [6.45, 7) is 4.60. The predicted molar refractivity (Wildman–Crippen MR) is 110 cm³/mol. The molecule has 1 atom stereocenters. The largest absolute Gasteiger partial charge is 0.463 e. The molecule has 2 saturated heterocycles. The molecule has 2 fully saturated rings. The van der Waals surface area contributed by atoms with Crippen LogP contribution in [0.1, 0.15) is 53.6 Å². The van der Waals surface area contributed by atoms with Crippen LogP contribution in [0.2, 0.25) is 0 Å². The lowest BCUT2D eigenvalue weighted by Gasteiger charge is -2.32. The van der Waals surface area contributed by atoms with Gasteiger partial charge in [-0.2, -0.15) is 0 Å². The van der Waals surface area contributed by atoms with Crippen LogP contribution in [0, 0.1) is 0 Å². The molecule has 0 bridgehead atoms. The van der Waals surface area contributed by atoms with Crippen molar-refractivity contribution in [1.82, 2.24) is 24.6 Å². The third kappa shape index (κ3) is 3.44. The Bertz CT molecular complexity index is 1020. The Balaban J connectivity index is 1.33. The van der Waals surface area contributed by atoms with Crippen LogP contribution in [0.25, 0.3) is 11.0 Å². The molecule has 7 nitrogen and oxygen atoms in total. The third-order valence-corrected chi connectivity index (χ3v) is 6.35. The SMILES string of the molecule is Cn1c(CN2CCCC2)nnc1C1CCCN(C(=O)c2coc3ccccc23)C1. The van der Waals surface area contributed by atoms with Gasteiger partial charge in [0.15, 0.2) is 0 Å². The van der Waals surface area contributed by atoms with Crippen molar-refractivity contribution in [2.45, 2.75) is 38.1 Å². The van der Waals surface area contributed by atoms with E-state index in [2.05, 4.69) is 26.7 Å². The monoisotopic (exact) mass is 393 g/mol. The molecule has 29 heavy (non-hydrogen) atoms. The van der Waals surface area contributed by atoms with Gasteiger partial charge in [0, 0.05) is 31.4 Å². The van der Waals surface area contributed by atoms with E-state index in [1.54, 1.807) is 6.26 Å². The number of carbonyl (C=O) groups is 1. The van der Waals surface area contributed by atoms with Crippen LogP contribution in [0.4, 0.5) is 0 Å². The number of aromatic nitrogens is 3. The first-order chi connectivity index (χ1) is 14.2. The summed E-state index contributed by atoms with van der Waals surface area (Å²) in [5.41, 5.74) is 1.40. The number of carbonyl (C=O) groups excluding carboxylic acids is 1. The van der Waals surface area contributed by atoms with E-state index in [1.807, 2.05) is 29.2 Å². The van der Waals surface area contributed by atoms with E-state index in [9.17, 15) is 4.79 Å². The van der Waals surface area contributed by atoms with E-state index in [4.69, 9.17) is 4.42 Å². The van der Waals surface area contributed by atoms with Gasteiger partial charge in [-0.15, -0.1) is 10.2 Å². The molecule has 1 aromatic carbocycles. The van der Waals surface area contributed by atoms with E-state index < -0.39 is 0 Å². The molecule has 1 unspecified atom stereocenters. The van der Waals surface area contributed by atoms with Crippen LogP contribution in [0.3, 0.4) is 0 Å². The van der Waals surface area contributed by atoms with Gasteiger partial charge in [0.25, 0.3) is 5.91 Å². The number of nitrogens with zero attached hydrogens (tertiary/aromatic N) is 5. The fourth-order valence-electron chi connectivity index (χ4n) is 4.70. The minimum atomic E-state index is 0.0408. The smallest absolute Gasteiger partial charge is 0.257 e. The molecule has 3 aromatic rings. The van der Waals surface area contributed by atoms with Crippen molar-refractivity contribution in [2.24, 2.45) is 7.05 Å². The molecular formula is C22H27N5O2. The standard InChI is InChI=1S/C22H27N5O2/c1-25-20(14-26-10-4-5-11-26)23-24-21(25)16-7-6-12-27(13-16)22(28)18-15-29-19-9-3-2-8-17(18)19/h2-3,8-9,15-16H,4-7,10-14H2,1H3. The summed E-state index contributed by atoms with van der Waals surface area (Å²) in [5, 5.41) is 9.87. The molecule has 4 heterocycles. The average molecular weight is 393 g/mol. The van der Waals surface area contributed by atoms with Crippen LogP contribution in [0.15, 0.2) is 34.9 Å². The summed E-state index contributed by atoms with van der Waals surface area (Å²) in [5.74, 6) is 2.27. The number of rotatable bonds is 4. The van der Waals surface area contributed by atoms with Crippen molar-refractivity contribution < 1.29 is 9.21 Å². The second-order valence-electron chi connectivity index (χ2n) is 8.25.